The summed E-state index contributed by atoms with van der Waals surface area (Å²) in [6.07, 6.45) is 0.618. The zero-order valence-electron chi connectivity index (χ0n) is 7.63. The molecule has 0 aliphatic rings. The standard InChI is InChI=1S/C9H11ClFNO.ClH/c1-2-8(12)6-3-5(11)4-7(10)9(6)13;/h3-4,8,13H,2,12H2,1H3;1H/t8-;/m1./s1. The number of hydrogen-bond donors (Lipinski definition) is 2. The van der Waals surface area contributed by atoms with Crippen LogP contribution in [-0.4, -0.2) is 5.11 Å². The molecule has 0 aromatic heterocycles. The second-order valence-electron chi connectivity index (χ2n) is 2.84. The lowest BCUT2D eigenvalue weighted by atomic mass is 10.0. The maximum atomic E-state index is 12.9. The molecule has 1 rings (SSSR count). The SMILES string of the molecule is CC[C@@H](N)c1cc(F)cc(Cl)c1O.Cl. The summed E-state index contributed by atoms with van der Waals surface area (Å²) in [5.41, 5.74) is 6.00. The topological polar surface area (TPSA) is 46.2 Å². The first-order chi connectivity index (χ1) is 6.06. The molecule has 3 N–H and O–H groups in total. The number of aromatic hydroxyl groups is 1. The maximum absolute atomic E-state index is 12.9. The lowest BCUT2D eigenvalue weighted by molar-refractivity contribution is 0.457. The summed E-state index contributed by atoms with van der Waals surface area (Å²) >= 11 is 5.57. The van der Waals surface area contributed by atoms with E-state index in [1.165, 1.54) is 6.07 Å². The molecule has 0 heterocycles. The molecule has 0 aliphatic heterocycles. The van der Waals surface area contributed by atoms with Crippen molar-refractivity contribution in [3.8, 4) is 5.75 Å². The minimum atomic E-state index is -0.485. The molecule has 0 saturated carbocycles. The van der Waals surface area contributed by atoms with Gasteiger partial charge in [0.25, 0.3) is 0 Å². The van der Waals surface area contributed by atoms with Crippen molar-refractivity contribution in [2.75, 3.05) is 0 Å². The minimum absolute atomic E-state index is 0. The van der Waals surface area contributed by atoms with E-state index in [4.69, 9.17) is 17.3 Å². The van der Waals surface area contributed by atoms with Crippen LogP contribution in [-0.2, 0) is 0 Å². The fourth-order valence-corrected chi connectivity index (χ4v) is 1.30. The Kier molecular flexibility index (Phi) is 5.19. The van der Waals surface area contributed by atoms with Gasteiger partial charge in [0.2, 0.25) is 0 Å². The van der Waals surface area contributed by atoms with Gasteiger partial charge >= 0.3 is 0 Å². The van der Waals surface area contributed by atoms with Crippen LogP contribution >= 0.6 is 24.0 Å². The first-order valence-electron chi connectivity index (χ1n) is 3.99. The average molecular weight is 240 g/mol. The Labute approximate surface area is 93.3 Å². The zero-order chi connectivity index (χ0) is 10.0. The lowest BCUT2D eigenvalue weighted by Crippen LogP contribution is -2.09. The summed E-state index contributed by atoms with van der Waals surface area (Å²) in [6.45, 7) is 1.85. The van der Waals surface area contributed by atoms with E-state index in [1.807, 2.05) is 6.92 Å². The van der Waals surface area contributed by atoms with Crippen LogP contribution in [0.3, 0.4) is 0 Å². The number of phenolic OH excluding ortho intramolecular Hbond substituents is 1. The molecule has 0 bridgehead atoms. The first-order valence-corrected chi connectivity index (χ1v) is 4.37. The second kappa shape index (κ2) is 5.39. The fourth-order valence-electron chi connectivity index (χ4n) is 1.09. The second-order valence-corrected chi connectivity index (χ2v) is 3.25. The number of nitrogens with two attached hydrogens (primary N) is 1. The molecule has 0 amide bonds. The summed E-state index contributed by atoms with van der Waals surface area (Å²) in [5, 5.41) is 9.44. The Morgan fingerprint density at radius 3 is 2.64 bits per heavy atom. The smallest absolute Gasteiger partial charge is 0.139 e. The van der Waals surface area contributed by atoms with E-state index >= 15 is 0 Å². The van der Waals surface area contributed by atoms with E-state index in [9.17, 15) is 9.50 Å². The summed E-state index contributed by atoms with van der Waals surface area (Å²) in [5.74, 6) is -0.612. The van der Waals surface area contributed by atoms with Crippen molar-refractivity contribution in [1.82, 2.24) is 0 Å². The molecule has 0 radical (unpaired) electrons. The van der Waals surface area contributed by atoms with Crippen LogP contribution in [0.25, 0.3) is 0 Å². The van der Waals surface area contributed by atoms with Crippen molar-refractivity contribution >= 4 is 24.0 Å². The van der Waals surface area contributed by atoms with Gasteiger partial charge in [0.1, 0.15) is 11.6 Å². The molecule has 0 aliphatic carbocycles. The van der Waals surface area contributed by atoms with Gasteiger partial charge in [-0.2, -0.15) is 0 Å². The maximum Gasteiger partial charge on any atom is 0.139 e. The molecule has 1 aromatic carbocycles. The summed E-state index contributed by atoms with van der Waals surface area (Å²) < 4.78 is 12.9. The largest absolute Gasteiger partial charge is 0.506 e. The predicted octanol–water partition coefficient (Wildman–Crippen LogP) is 3.02. The molecule has 0 fully saturated rings. The third-order valence-electron chi connectivity index (χ3n) is 1.90. The number of phenols is 1. The Balaban J connectivity index is 0.00000169. The quantitative estimate of drug-likeness (QED) is 0.834. The summed E-state index contributed by atoms with van der Waals surface area (Å²) in [6, 6.07) is 1.88. The van der Waals surface area contributed by atoms with E-state index in [1.54, 1.807) is 0 Å². The molecule has 0 unspecified atom stereocenters. The highest BCUT2D eigenvalue weighted by Crippen LogP contribution is 2.32. The third kappa shape index (κ3) is 2.74. The molecule has 80 valence electrons. The van der Waals surface area contributed by atoms with Crippen LogP contribution in [0.1, 0.15) is 24.9 Å². The van der Waals surface area contributed by atoms with Crippen molar-refractivity contribution in [1.29, 1.82) is 0 Å². The number of halogens is 3. The van der Waals surface area contributed by atoms with Crippen LogP contribution in [0, 0.1) is 5.82 Å². The first kappa shape index (κ1) is 13.5. The normalized spacial score (nSPS) is 12.0. The Morgan fingerprint density at radius 2 is 2.14 bits per heavy atom. The van der Waals surface area contributed by atoms with Gasteiger partial charge in [-0.1, -0.05) is 18.5 Å². The Morgan fingerprint density at radius 1 is 1.57 bits per heavy atom. The third-order valence-corrected chi connectivity index (χ3v) is 2.19. The zero-order valence-corrected chi connectivity index (χ0v) is 9.20. The highest BCUT2D eigenvalue weighted by molar-refractivity contribution is 6.32. The van der Waals surface area contributed by atoms with Gasteiger partial charge in [-0.15, -0.1) is 12.4 Å². The van der Waals surface area contributed by atoms with Crippen LogP contribution in [0.2, 0.25) is 5.02 Å². The van der Waals surface area contributed by atoms with Gasteiger partial charge < -0.3 is 10.8 Å². The highest BCUT2D eigenvalue weighted by Gasteiger charge is 2.13. The monoisotopic (exact) mass is 239 g/mol. The highest BCUT2D eigenvalue weighted by atomic mass is 35.5. The summed E-state index contributed by atoms with van der Waals surface area (Å²) in [4.78, 5) is 0. The molecule has 5 heteroatoms. The van der Waals surface area contributed by atoms with Crippen LogP contribution in [0.15, 0.2) is 12.1 Å². The molecular weight excluding hydrogens is 228 g/mol. The van der Waals surface area contributed by atoms with Gasteiger partial charge in [0.05, 0.1) is 5.02 Å². The van der Waals surface area contributed by atoms with Crippen molar-refractivity contribution in [3.63, 3.8) is 0 Å². The molecule has 1 aromatic rings. The van der Waals surface area contributed by atoms with Crippen LogP contribution in [0.4, 0.5) is 4.39 Å². The van der Waals surface area contributed by atoms with E-state index in [0.29, 0.717) is 12.0 Å². The molecule has 0 spiro atoms. The number of rotatable bonds is 2. The Bertz CT molecular complexity index is 320. The molecule has 0 saturated heterocycles. The van der Waals surface area contributed by atoms with Gasteiger partial charge in [-0.05, 0) is 18.6 Å². The fraction of sp³-hybridized carbons (Fsp3) is 0.333. The molecule has 1 atom stereocenters. The van der Waals surface area contributed by atoms with Crippen molar-refractivity contribution in [3.05, 3.63) is 28.5 Å². The van der Waals surface area contributed by atoms with Crippen LogP contribution in [0.5, 0.6) is 5.75 Å². The van der Waals surface area contributed by atoms with Crippen molar-refractivity contribution in [2.45, 2.75) is 19.4 Å². The Hall–Kier alpha value is -0.510. The number of benzene rings is 1. The molecule has 14 heavy (non-hydrogen) atoms. The summed E-state index contributed by atoms with van der Waals surface area (Å²) in [7, 11) is 0. The van der Waals surface area contributed by atoms with Crippen LogP contribution < -0.4 is 5.73 Å². The van der Waals surface area contributed by atoms with E-state index in [2.05, 4.69) is 0 Å². The predicted molar refractivity (Wildman–Crippen MR) is 57.5 cm³/mol. The van der Waals surface area contributed by atoms with Crippen molar-refractivity contribution < 1.29 is 9.50 Å². The number of hydrogen-bond acceptors (Lipinski definition) is 2. The van der Waals surface area contributed by atoms with Gasteiger partial charge in [0.15, 0.2) is 0 Å². The van der Waals surface area contributed by atoms with Gasteiger partial charge in [-0.25, -0.2) is 4.39 Å². The van der Waals surface area contributed by atoms with Gasteiger partial charge in [0, 0.05) is 11.6 Å². The minimum Gasteiger partial charge on any atom is -0.506 e. The van der Waals surface area contributed by atoms with E-state index in [0.717, 1.165) is 6.07 Å². The average Bonchev–Trinajstić information content (AvgIpc) is 2.10. The van der Waals surface area contributed by atoms with E-state index < -0.39 is 5.82 Å². The molecule has 2 nitrogen and oxygen atoms in total. The van der Waals surface area contributed by atoms with E-state index in [-0.39, 0.29) is 29.2 Å². The van der Waals surface area contributed by atoms with Gasteiger partial charge in [-0.3, -0.25) is 0 Å². The lowest BCUT2D eigenvalue weighted by Gasteiger charge is -2.12. The molecular formula is C9H12Cl2FNO. The van der Waals surface area contributed by atoms with Crippen molar-refractivity contribution in [2.24, 2.45) is 5.73 Å².